The van der Waals surface area contributed by atoms with E-state index in [0.717, 1.165) is 44.2 Å². The number of carbonyl (C=O) groups is 2. The van der Waals surface area contributed by atoms with Crippen LogP contribution in [0.1, 0.15) is 15.9 Å². The summed E-state index contributed by atoms with van der Waals surface area (Å²) in [4.78, 5) is 35.8. The number of carbonyl (C=O) groups excluding carboxylic acids is 2. The SMILES string of the molecule is O=C(Nc1ccc(OC(=O)N2CCN(c3ccc(Cl)cn3)CC2)cc1)c1ccc(CN2CCOCC2)cc1. The van der Waals surface area contributed by atoms with Crippen molar-refractivity contribution in [2.75, 3.05) is 62.7 Å². The number of rotatable bonds is 6. The molecule has 0 saturated carbocycles. The molecular formula is C28H30ClN5O4. The average molecular weight is 536 g/mol. The van der Waals surface area contributed by atoms with Gasteiger partial charge < -0.3 is 24.6 Å². The monoisotopic (exact) mass is 535 g/mol. The molecule has 2 aliphatic heterocycles. The lowest BCUT2D eigenvalue weighted by Gasteiger charge is -2.34. The van der Waals surface area contributed by atoms with Gasteiger partial charge in [-0.2, -0.15) is 0 Å². The van der Waals surface area contributed by atoms with Crippen molar-refractivity contribution in [3.05, 3.63) is 83.0 Å². The first-order chi connectivity index (χ1) is 18.5. The van der Waals surface area contributed by atoms with E-state index in [1.807, 2.05) is 30.3 Å². The Hall–Kier alpha value is -3.66. The Labute approximate surface area is 226 Å². The highest BCUT2D eigenvalue weighted by Gasteiger charge is 2.23. The minimum atomic E-state index is -0.400. The Morgan fingerprint density at radius 2 is 1.61 bits per heavy atom. The number of ether oxygens (including phenoxy) is 2. The minimum Gasteiger partial charge on any atom is -0.410 e. The molecule has 10 heteroatoms. The number of morpholine rings is 1. The maximum Gasteiger partial charge on any atom is 0.415 e. The molecule has 0 bridgehead atoms. The Morgan fingerprint density at radius 3 is 2.26 bits per heavy atom. The van der Waals surface area contributed by atoms with E-state index in [9.17, 15) is 9.59 Å². The number of halogens is 1. The molecule has 2 aliphatic rings. The quantitative estimate of drug-likeness (QED) is 0.507. The molecule has 198 valence electrons. The van der Waals surface area contributed by atoms with Gasteiger partial charge in [-0.15, -0.1) is 0 Å². The molecule has 2 amide bonds. The van der Waals surface area contributed by atoms with Crippen LogP contribution in [-0.2, 0) is 11.3 Å². The molecule has 2 fully saturated rings. The molecule has 38 heavy (non-hydrogen) atoms. The van der Waals surface area contributed by atoms with Crippen LogP contribution in [0, 0.1) is 0 Å². The zero-order valence-electron chi connectivity index (χ0n) is 21.0. The van der Waals surface area contributed by atoms with E-state index in [-0.39, 0.29) is 5.91 Å². The van der Waals surface area contributed by atoms with Crippen LogP contribution in [-0.4, -0.2) is 79.3 Å². The van der Waals surface area contributed by atoms with Crippen molar-refractivity contribution >= 4 is 35.1 Å². The van der Waals surface area contributed by atoms with Gasteiger partial charge in [-0.25, -0.2) is 9.78 Å². The zero-order chi connectivity index (χ0) is 26.3. The third kappa shape index (κ3) is 6.80. The topological polar surface area (TPSA) is 87.2 Å². The largest absolute Gasteiger partial charge is 0.415 e. The fourth-order valence-corrected chi connectivity index (χ4v) is 4.54. The number of amides is 2. The van der Waals surface area contributed by atoms with E-state index in [1.54, 1.807) is 41.4 Å². The molecular weight excluding hydrogens is 506 g/mol. The first-order valence-electron chi connectivity index (χ1n) is 12.7. The Kier molecular flexibility index (Phi) is 8.37. The second-order valence-electron chi connectivity index (χ2n) is 9.24. The van der Waals surface area contributed by atoms with E-state index in [4.69, 9.17) is 21.1 Å². The first kappa shape index (κ1) is 26.0. The van der Waals surface area contributed by atoms with Crippen LogP contribution in [0.5, 0.6) is 5.75 Å². The lowest BCUT2D eigenvalue weighted by Crippen LogP contribution is -2.49. The van der Waals surface area contributed by atoms with Gasteiger partial charge in [0.2, 0.25) is 0 Å². The van der Waals surface area contributed by atoms with Gasteiger partial charge in [0.1, 0.15) is 11.6 Å². The fourth-order valence-electron chi connectivity index (χ4n) is 4.43. The smallest absolute Gasteiger partial charge is 0.410 e. The number of piperazine rings is 1. The van der Waals surface area contributed by atoms with E-state index in [1.165, 1.54) is 0 Å². The number of hydrogen-bond acceptors (Lipinski definition) is 7. The molecule has 0 aliphatic carbocycles. The molecule has 0 radical (unpaired) electrons. The molecule has 3 aromatic rings. The second kappa shape index (κ2) is 12.3. The van der Waals surface area contributed by atoms with Crippen molar-refractivity contribution < 1.29 is 19.1 Å². The summed E-state index contributed by atoms with van der Waals surface area (Å²) in [7, 11) is 0. The van der Waals surface area contributed by atoms with Crippen LogP contribution in [0.25, 0.3) is 0 Å². The third-order valence-electron chi connectivity index (χ3n) is 6.62. The number of hydrogen-bond donors (Lipinski definition) is 1. The van der Waals surface area contributed by atoms with Crippen LogP contribution in [0.2, 0.25) is 5.02 Å². The number of nitrogens with zero attached hydrogens (tertiary/aromatic N) is 4. The normalized spacial score (nSPS) is 16.2. The van der Waals surface area contributed by atoms with Crippen molar-refractivity contribution in [2.24, 2.45) is 0 Å². The maximum absolute atomic E-state index is 12.7. The molecule has 9 nitrogen and oxygen atoms in total. The molecule has 1 aromatic heterocycles. The highest BCUT2D eigenvalue weighted by Crippen LogP contribution is 2.20. The van der Waals surface area contributed by atoms with Crippen LogP contribution in [0.15, 0.2) is 66.9 Å². The first-order valence-corrected chi connectivity index (χ1v) is 13.0. The summed E-state index contributed by atoms with van der Waals surface area (Å²) in [5, 5.41) is 3.48. The molecule has 0 unspecified atom stereocenters. The third-order valence-corrected chi connectivity index (χ3v) is 6.84. The number of pyridine rings is 1. The summed E-state index contributed by atoms with van der Waals surface area (Å²) in [6.07, 6.45) is 1.22. The van der Waals surface area contributed by atoms with Gasteiger partial charge >= 0.3 is 6.09 Å². The van der Waals surface area contributed by atoms with Crippen molar-refractivity contribution in [1.29, 1.82) is 0 Å². The van der Waals surface area contributed by atoms with E-state index in [0.29, 0.717) is 48.2 Å². The number of benzene rings is 2. The van der Waals surface area contributed by atoms with Gasteiger partial charge in [0.05, 0.1) is 18.2 Å². The average Bonchev–Trinajstić information content (AvgIpc) is 2.95. The Morgan fingerprint density at radius 1 is 0.895 bits per heavy atom. The van der Waals surface area contributed by atoms with Crippen molar-refractivity contribution in [3.8, 4) is 5.75 Å². The Balaban J connectivity index is 1.08. The van der Waals surface area contributed by atoms with Crippen LogP contribution in [0.4, 0.5) is 16.3 Å². The fraction of sp³-hybridized carbons (Fsp3) is 0.321. The Bertz CT molecular complexity index is 1220. The van der Waals surface area contributed by atoms with E-state index < -0.39 is 6.09 Å². The summed E-state index contributed by atoms with van der Waals surface area (Å²) in [5.41, 5.74) is 2.37. The molecule has 0 spiro atoms. The van der Waals surface area contributed by atoms with Gasteiger partial charge in [0.25, 0.3) is 5.91 Å². The zero-order valence-corrected chi connectivity index (χ0v) is 21.8. The van der Waals surface area contributed by atoms with Crippen LogP contribution >= 0.6 is 11.6 Å². The van der Waals surface area contributed by atoms with Gasteiger partial charge in [0.15, 0.2) is 0 Å². The van der Waals surface area contributed by atoms with Gasteiger partial charge in [-0.1, -0.05) is 23.7 Å². The number of nitrogens with one attached hydrogen (secondary N) is 1. The van der Waals surface area contributed by atoms with E-state index in [2.05, 4.69) is 20.1 Å². The summed E-state index contributed by atoms with van der Waals surface area (Å²) in [6, 6.07) is 18.1. The second-order valence-corrected chi connectivity index (χ2v) is 9.68. The lowest BCUT2D eigenvalue weighted by molar-refractivity contribution is 0.0342. The highest BCUT2D eigenvalue weighted by molar-refractivity contribution is 6.30. The van der Waals surface area contributed by atoms with Crippen LogP contribution in [0.3, 0.4) is 0 Å². The van der Waals surface area contributed by atoms with Gasteiger partial charge in [0, 0.05) is 63.3 Å². The molecule has 5 rings (SSSR count). The molecule has 2 saturated heterocycles. The molecule has 0 atom stereocenters. The van der Waals surface area contributed by atoms with E-state index >= 15 is 0 Å². The predicted molar refractivity (Wildman–Crippen MR) is 146 cm³/mol. The summed E-state index contributed by atoms with van der Waals surface area (Å²) in [6.45, 7) is 6.59. The lowest BCUT2D eigenvalue weighted by atomic mass is 10.1. The molecule has 3 heterocycles. The minimum absolute atomic E-state index is 0.194. The van der Waals surface area contributed by atoms with Crippen molar-refractivity contribution in [1.82, 2.24) is 14.8 Å². The molecule has 2 aromatic carbocycles. The predicted octanol–water partition coefficient (Wildman–Crippen LogP) is 4.14. The summed E-state index contributed by atoms with van der Waals surface area (Å²) < 4.78 is 10.9. The van der Waals surface area contributed by atoms with Gasteiger partial charge in [-0.05, 0) is 54.1 Å². The van der Waals surface area contributed by atoms with Crippen LogP contribution < -0.4 is 15.0 Å². The highest BCUT2D eigenvalue weighted by atomic mass is 35.5. The number of aromatic nitrogens is 1. The summed E-state index contributed by atoms with van der Waals surface area (Å²) in [5.74, 6) is 1.06. The van der Waals surface area contributed by atoms with Crippen molar-refractivity contribution in [2.45, 2.75) is 6.54 Å². The number of anilines is 2. The van der Waals surface area contributed by atoms with Gasteiger partial charge in [-0.3, -0.25) is 9.69 Å². The summed E-state index contributed by atoms with van der Waals surface area (Å²) >= 11 is 5.91. The molecule has 1 N–H and O–H groups in total. The standard InChI is InChI=1S/C28H30ClN5O4/c29-23-5-10-26(30-19-23)33-11-13-34(14-12-33)28(36)38-25-8-6-24(7-9-25)31-27(35)22-3-1-21(2-4-22)20-32-15-17-37-18-16-32/h1-10,19H,11-18,20H2,(H,31,35). The maximum atomic E-state index is 12.7. The van der Waals surface area contributed by atoms with Crippen molar-refractivity contribution in [3.63, 3.8) is 0 Å².